The molecular formula is C16H22N2O3. The third kappa shape index (κ3) is 4.71. The molecule has 1 aliphatic rings. The number of rotatable bonds is 6. The Hall–Kier alpha value is -1.61. The van der Waals surface area contributed by atoms with E-state index in [-0.39, 0.29) is 19.3 Å². The Balaban J connectivity index is 1.78. The Kier molecular flexibility index (Phi) is 6.00. The van der Waals surface area contributed by atoms with Gasteiger partial charge in [0.15, 0.2) is 0 Å². The molecule has 114 valence electrons. The van der Waals surface area contributed by atoms with Crippen LogP contribution in [0.25, 0.3) is 0 Å². The van der Waals surface area contributed by atoms with Crippen molar-refractivity contribution in [2.45, 2.75) is 31.4 Å². The van der Waals surface area contributed by atoms with E-state index < -0.39 is 6.10 Å². The molecule has 0 aromatic heterocycles. The molecule has 2 atom stereocenters. The van der Waals surface area contributed by atoms with Crippen molar-refractivity contribution in [3.05, 3.63) is 29.8 Å². The van der Waals surface area contributed by atoms with Crippen LogP contribution in [0.3, 0.4) is 0 Å². The molecule has 0 saturated carbocycles. The molecule has 1 aromatic rings. The fourth-order valence-corrected chi connectivity index (χ4v) is 2.65. The highest BCUT2D eigenvalue weighted by Crippen LogP contribution is 2.17. The predicted molar refractivity (Wildman–Crippen MR) is 79.0 cm³/mol. The Morgan fingerprint density at radius 2 is 2.10 bits per heavy atom. The average Bonchev–Trinajstić information content (AvgIpc) is 2.54. The van der Waals surface area contributed by atoms with E-state index in [9.17, 15) is 10.2 Å². The maximum absolute atomic E-state index is 10.1. The summed E-state index contributed by atoms with van der Waals surface area (Å²) in [6, 6.07) is 9.03. The van der Waals surface area contributed by atoms with Crippen molar-refractivity contribution in [3.63, 3.8) is 0 Å². The molecule has 5 heteroatoms. The van der Waals surface area contributed by atoms with E-state index in [1.165, 1.54) is 0 Å². The minimum atomic E-state index is -0.590. The molecule has 2 N–H and O–H groups in total. The van der Waals surface area contributed by atoms with Gasteiger partial charge in [-0.2, -0.15) is 5.26 Å². The first kappa shape index (κ1) is 15.8. The van der Waals surface area contributed by atoms with E-state index in [4.69, 9.17) is 10.00 Å². The lowest BCUT2D eigenvalue weighted by Gasteiger charge is -2.35. The van der Waals surface area contributed by atoms with Gasteiger partial charge >= 0.3 is 0 Å². The average molecular weight is 290 g/mol. The van der Waals surface area contributed by atoms with Gasteiger partial charge in [-0.15, -0.1) is 0 Å². The molecule has 1 aliphatic heterocycles. The summed E-state index contributed by atoms with van der Waals surface area (Å²) < 4.78 is 5.53. The number of nitrogens with zero attached hydrogens (tertiary/aromatic N) is 2. The van der Waals surface area contributed by atoms with Gasteiger partial charge in [0.25, 0.3) is 0 Å². The van der Waals surface area contributed by atoms with Gasteiger partial charge in [-0.25, -0.2) is 0 Å². The van der Waals surface area contributed by atoms with Gasteiger partial charge in [-0.3, -0.25) is 4.90 Å². The lowest BCUT2D eigenvalue weighted by Crippen LogP contribution is -2.46. The second kappa shape index (κ2) is 7.99. The molecule has 0 spiro atoms. The number of nitriles is 1. The minimum Gasteiger partial charge on any atom is -0.491 e. The largest absolute Gasteiger partial charge is 0.491 e. The highest BCUT2D eigenvalue weighted by molar-refractivity contribution is 5.34. The third-order valence-electron chi connectivity index (χ3n) is 3.83. The molecule has 0 amide bonds. The fourth-order valence-electron chi connectivity index (χ4n) is 2.65. The molecule has 5 nitrogen and oxygen atoms in total. The first-order valence-electron chi connectivity index (χ1n) is 7.39. The zero-order valence-corrected chi connectivity index (χ0v) is 12.1. The summed E-state index contributed by atoms with van der Waals surface area (Å²) in [5.41, 5.74) is 0.585. The summed E-state index contributed by atoms with van der Waals surface area (Å²) >= 11 is 0. The smallest absolute Gasteiger partial charge is 0.119 e. The van der Waals surface area contributed by atoms with Crippen molar-refractivity contribution in [3.8, 4) is 11.8 Å². The molecule has 21 heavy (non-hydrogen) atoms. The summed E-state index contributed by atoms with van der Waals surface area (Å²) in [6.45, 7) is 1.78. The number of piperidine rings is 1. The molecule has 0 aliphatic carbocycles. The molecule has 2 rings (SSSR count). The van der Waals surface area contributed by atoms with Gasteiger partial charge in [0.05, 0.1) is 18.2 Å². The van der Waals surface area contributed by atoms with E-state index in [0.29, 0.717) is 17.9 Å². The maximum Gasteiger partial charge on any atom is 0.119 e. The van der Waals surface area contributed by atoms with Crippen molar-refractivity contribution >= 4 is 0 Å². The Morgan fingerprint density at radius 3 is 2.76 bits per heavy atom. The quantitative estimate of drug-likeness (QED) is 0.821. The van der Waals surface area contributed by atoms with Crippen molar-refractivity contribution in [2.24, 2.45) is 0 Å². The second-order valence-corrected chi connectivity index (χ2v) is 5.43. The SMILES string of the molecule is N#Cc1ccc(OCC(O)CN2CCCCC2CO)cc1. The second-order valence-electron chi connectivity index (χ2n) is 5.43. The highest BCUT2D eigenvalue weighted by atomic mass is 16.5. The van der Waals surface area contributed by atoms with E-state index in [2.05, 4.69) is 4.90 Å². The van der Waals surface area contributed by atoms with Crippen molar-refractivity contribution < 1.29 is 14.9 Å². The van der Waals surface area contributed by atoms with E-state index >= 15 is 0 Å². The lowest BCUT2D eigenvalue weighted by atomic mass is 10.0. The molecular weight excluding hydrogens is 268 g/mol. The number of ether oxygens (including phenoxy) is 1. The highest BCUT2D eigenvalue weighted by Gasteiger charge is 2.23. The van der Waals surface area contributed by atoms with Gasteiger partial charge in [-0.05, 0) is 43.7 Å². The topological polar surface area (TPSA) is 76.7 Å². The number of β-amino-alcohol motifs (C(OH)–C–C–N with tert-alkyl or cyclic N) is 1. The van der Waals surface area contributed by atoms with E-state index in [0.717, 1.165) is 25.8 Å². The number of hydrogen-bond acceptors (Lipinski definition) is 5. The minimum absolute atomic E-state index is 0.142. The van der Waals surface area contributed by atoms with Crippen LogP contribution in [0.15, 0.2) is 24.3 Å². The summed E-state index contributed by atoms with van der Waals surface area (Å²) in [6.07, 6.45) is 2.65. The van der Waals surface area contributed by atoms with Crippen LogP contribution in [-0.4, -0.2) is 53.6 Å². The first-order chi connectivity index (χ1) is 10.2. The van der Waals surface area contributed by atoms with Crippen LogP contribution in [0.2, 0.25) is 0 Å². The number of benzene rings is 1. The summed E-state index contributed by atoms with van der Waals surface area (Å²) in [7, 11) is 0. The van der Waals surface area contributed by atoms with Gasteiger partial charge in [0.2, 0.25) is 0 Å². The summed E-state index contributed by atoms with van der Waals surface area (Å²) in [5, 5.41) is 28.1. The third-order valence-corrected chi connectivity index (χ3v) is 3.83. The maximum atomic E-state index is 10.1. The first-order valence-corrected chi connectivity index (χ1v) is 7.39. The Bertz CT molecular complexity index is 469. The normalized spacial score (nSPS) is 20.7. The van der Waals surface area contributed by atoms with Crippen LogP contribution in [-0.2, 0) is 0 Å². The molecule has 1 heterocycles. The van der Waals surface area contributed by atoms with Crippen molar-refractivity contribution in [1.82, 2.24) is 4.90 Å². The number of aliphatic hydroxyl groups is 2. The molecule has 2 unspecified atom stereocenters. The summed E-state index contributed by atoms with van der Waals surface area (Å²) in [4.78, 5) is 2.14. The van der Waals surface area contributed by atoms with E-state index in [1.54, 1.807) is 24.3 Å². The monoisotopic (exact) mass is 290 g/mol. The van der Waals surface area contributed by atoms with Gasteiger partial charge in [0, 0.05) is 12.6 Å². The van der Waals surface area contributed by atoms with E-state index in [1.807, 2.05) is 6.07 Å². The van der Waals surface area contributed by atoms with Crippen LogP contribution in [0, 0.1) is 11.3 Å². The van der Waals surface area contributed by atoms with Crippen molar-refractivity contribution in [1.29, 1.82) is 5.26 Å². The molecule has 0 bridgehead atoms. The van der Waals surface area contributed by atoms with Gasteiger partial charge in [0.1, 0.15) is 18.5 Å². The van der Waals surface area contributed by atoms with Crippen LogP contribution in [0.1, 0.15) is 24.8 Å². The fraction of sp³-hybridized carbons (Fsp3) is 0.562. The number of hydrogen-bond donors (Lipinski definition) is 2. The van der Waals surface area contributed by atoms with Crippen LogP contribution < -0.4 is 4.74 Å². The van der Waals surface area contributed by atoms with Crippen LogP contribution in [0.4, 0.5) is 0 Å². The predicted octanol–water partition coefficient (Wildman–Crippen LogP) is 1.14. The standard InChI is InChI=1S/C16H22N2O3/c17-9-13-4-6-16(7-5-13)21-12-15(20)10-18-8-2-1-3-14(18)11-19/h4-7,14-15,19-20H,1-3,8,10-12H2. The number of aliphatic hydroxyl groups excluding tert-OH is 2. The van der Waals surface area contributed by atoms with Crippen molar-refractivity contribution in [2.75, 3.05) is 26.3 Å². The van der Waals surface area contributed by atoms with Crippen LogP contribution in [0.5, 0.6) is 5.75 Å². The molecule has 1 saturated heterocycles. The Morgan fingerprint density at radius 1 is 1.33 bits per heavy atom. The summed E-state index contributed by atoms with van der Waals surface area (Å²) in [5.74, 6) is 0.644. The number of likely N-dealkylation sites (tertiary alicyclic amines) is 1. The molecule has 0 radical (unpaired) electrons. The van der Waals surface area contributed by atoms with Gasteiger partial charge in [-0.1, -0.05) is 6.42 Å². The molecule has 1 fully saturated rings. The molecule has 1 aromatic carbocycles. The lowest BCUT2D eigenvalue weighted by molar-refractivity contribution is 0.0232. The zero-order valence-electron chi connectivity index (χ0n) is 12.1. The van der Waals surface area contributed by atoms with Crippen LogP contribution >= 0.6 is 0 Å². The zero-order chi connectivity index (χ0) is 15.1. The Labute approximate surface area is 125 Å². The van der Waals surface area contributed by atoms with Gasteiger partial charge < -0.3 is 14.9 Å².